The molecule has 112 valence electrons. The number of methoxy groups -OCH3 is 1. The normalized spacial score (nSPS) is 23.1. The Morgan fingerprint density at radius 3 is 2.70 bits per heavy atom. The van der Waals surface area contributed by atoms with E-state index in [1.165, 1.54) is 0 Å². The summed E-state index contributed by atoms with van der Waals surface area (Å²) in [5.74, 6) is 0.785. The van der Waals surface area contributed by atoms with Gasteiger partial charge in [0.15, 0.2) is 0 Å². The van der Waals surface area contributed by atoms with Crippen molar-refractivity contribution in [2.24, 2.45) is 0 Å². The first-order chi connectivity index (χ1) is 9.30. The van der Waals surface area contributed by atoms with E-state index in [9.17, 15) is 4.79 Å². The molecule has 6 heteroatoms. The second-order valence-electron chi connectivity index (χ2n) is 6.19. The lowest BCUT2D eigenvalue weighted by Gasteiger charge is -2.27. The lowest BCUT2D eigenvalue weighted by Crippen LogP contribution is -2.37. The number of amides is 1. The molecule has 0 aromatic carbocycles. The van der Waals surface area contributed by atoms with E-state index >= 15 is 0 Å². The zero-order chi connectivity index (χ0) is 14.9. The maximum Gasteiger partial charge on any atom is 0.411 e. The topological polar surface area (TPSA) is 67.5 Å². The summed E-state index contributed by atoms with van der Waals surface area (Å²) in [4.78, 5) is 21.5. The minimum Gasteiger partial charge on any atom is -0.444 e. The van der Waals surface area contributed by atoms with Crippen LogP contribution in [0.15, 0.2) is 6.20 Å². The van der Waals surface area contributed by atoms with E-state index in [2.05, 4.69) is 9.97 Å². The van der Waals surface area contributed by atoms with E-state index in [1.54, 1.807) is 18.2 Å². The molecule has 1 saturated heterocycles. The van der Waals surface area contributed by atoms with Crippen LogP contribution in [-0.2, 0) is 9.47 Å². The van der Waals surface area contributed by atoms with Crippen LogP contribution in [0.1, 0.15) is 44.8 Å². The molecule has 1 N–H and O–H groups in total. The zero-order valence-electron chi connectivity index (χ0n) is 12.8. The van der Waals surface area contributed by atoms with Crippen molar-refractivity contribution < 1.29 is 14.3 Å². The van der Waals surface area contributed by atoms with E-state index in [0.29, 0.717) is 6.54 Å². The Kier molecular flexibility index (Phi) is 4.04. The molecule has 20 heavy (non-hydrogen) atoms. The quantitative estimate of drug-likeness (QED) is 0.904. The van der Waals surface area contributed by atoms with E-state index < -0.39 is 5.60 Å². The summed E-state index contributed by atoms with van der Waals surface area (Å²) in [5, 5.41) is 0. The maximum atomic E-state index is 12.3. The number of nitrogens with one attached hydrogen (secondary N) is 1. The van der Waals surface area contributed by atoms with Crippen molar-refractivity contribution in [3.05, 3.63) is 17.7 Å². The second-order valence-corrected chi connectivity index (χ2v) is 6.19. The van der Waals surface area contributed by atoms with Gasteiger partial charge in [-0.25, -0.2) is 9.78 Å². The van der Waals surface area contributed by atoms with Crippen molar-refractivity contribution in [1.29, 1.82) is 0 Å². The predicted octanol–water partition coefficient (Wildman–Crippen LogP) is 2.42. The summed E-state index contributed by atoms with van der Waals surface area (Å²) in [6.07, 6.45) is 2.18. The van der Waals surface area contributed by atoms with Crippen LogP contribution in [-0.4, -0.2) is 46.3 Å². The average molecular weight is 281 g/mol. The third kappa shape index (κ3) is 3.30. The van der Waals surface area contributed by atoms with Crippen molar-refractivity contribution in [1.82, 2.24) is 14.9 Å². The smallest absolute Gasteiger partial charge is 0.411 e. The molecule has 0 spiro atoms. The number of rotatable bonds is 2. The highest BCUT2D eigenvalue weighted by atomic mass is 16.6. The highest BCUT2D eigenvalue weighted by Gasteiger charge is 2.39. The van der Waals surface area contributed by atoms with Gasteiger partial charge in [-0.3, -0.25) is 4.90 Å². The van der Waals surface area contributed by atoms with E-state index in [4.69, 9.17) is 9.47 Å². The molecule has 1 fully saturated rings. The first-order valence-electron chi connectivity index (χ1n) is 6.84. The Hall–Kier alpha value is -1.56. The molecule has 2 atom stereocenters. The summed E-state index contributed by atoms with van der Waals surface area (Å²) in [6, 6.07) is -0.122. The first-order valence-corrected chi connectivity index (χ1v) is 6.84. The highest BCUT2D eigenvalue weighted by Crippen LogP contribution is 2.33. The molecule has 0 radical (unpaired) electrons. The molecule has 1 aliphatic heterocycles. The van der Waals surface area contributed by atoms with Gasteiger partial charge in [-0.2, -0.15) is 0 Å². The monoisotopic (exact) mass is 281 g/mol. The number of hydrogen-bond acceptors (Lipinski definition) is 4. The Bertz CT molecular complexity index is 478. The predicted molar refractivity (Wildman–Crippen MR) is 74.4 cm³/mol. The van der Waals surface area contributed by atoms with E-state index in [0.717, 1.165) is 17.9 Å². The molecule has 0 saturated carbocycles. The van der Waals surface area contributed by atoms with Crippen molar-refractivity contribution in [3.63, 3.8) is 0 Å². The van der Waals surface area contributed by atoms with E-state index in [1.807, 2.05) is 27.7 Å². The van der Waals surface area contributed by atoms with Gasteiger partial charge in [-0.05, 0) is 27.7 Å². The Labute approximate surface area is 119 Å². The first kappa shape index (κ1) is 14.8. The van der Waals surface area contributed by atoms with Crippen LogP contribution < -0.4 is 0 Å². The Morgan fingerprint density at radius 2 is 2.20 bits per heavy atom. The van der Waals surface area contributed by atoms with Crippen molar-refractivity contribution in [2.45, 2.75) is 51.9 Å². The van der Waals surface area contributed by atoms with Crippen molar-refractivity contribution in [3.8, 4) is 0 Å². The fourth-order valence-corrected chi connectivity index (χ4v) is 2.35. The molecule has 1 aliphatic rings. The minimum atomic E-state index is -0.508. The number of H-pyrrole nitrogens is 1. The molecule has 0 bridgehead atoms. The molecule has 2 rings (SSSR count). The van der Waals surface area contributed by atoms with Crippen LogP contribution in [0.4, 0.5) is 4.79 Å². The Morgan fingerprint density at radius 1 is 1.50 bits per heavy atom. The number of ether oxygens (including phenoxy) is 2. The molecule has 6 nitrogen and oxygen atoms in total. The lowest BCUT2D eigenvalue weighted by molar-refractivity contribution is 0.0190. The Balaban J connectivity index is 2.17. The molecule has 0 unspecified atom stereocenters. The van der Waals surface area contributed by atoms with Crippen LogP contribution in [0.5, 0.6) is 0 Å². The number of likely N-dealkylation sites (tertiary alicyclic amines) is 1. The number of carbonyl (C=O) groups excluding carboxylic acids is 1. The largest absolute Gasteiger partial charge is 0.444 e. The fourth-order valence-electron chi connectivity index (χ4n) is 2.35. The molecule has 0 aliphatic carbocycles. The summed E-state index contributed by atoms with van der Waals surface area (Å²) in [6.45, 7) is 8.05. The molecular weight excluding hydrogens is 258 g/mol. The number of nitrogens with zero attached hydrogens (tertiary/aromatic N) is 2. The number of aryl methyl sites for hydroxylation is 1. The van der Waals surface area contributed by atoms with Gasteiger partial charge in [0.05, 0.1) is 18.7 Å². The van der Waals surface area contributed by atoms with Crippen LogP contribution in [0.2, 0.25) is 0 Å². The van der Waals surface area contributed by atoms with Gasteiger partial charge in [0.25, 0.3) is 0 Å². The SMILES string of the molecule is CO[C@H]1C[C@@H](c2ncc(C)[nH]2)N(C(=O)OC(C)(C)C)C1. The number of hydrogen-bond donors (Lipinski definition) is 1. The maximum absolute atomic E-state index is 12.3. The minimum absolute atomic E-state index is 0.0120. The van der Waals surface area contributed by atoms with Gasteiger partial charge in [0, 0.05) is 25.4 Å². The number of carbonyl (C=O) groups is 1. The second kappa shape index (κ2) is 5.44. The standard InChI is InChI=1S/C14H23N3O3/c1-9-7-15-12(16-9)11-6-10(19-5)8-17(11)13(18)20-14(2,3)4/h7,10-11H,6,8H2,1-5H3,(H,15,16)/t10-,11-/m0/s1. The van der Waals surface area contributed by atoms with Gasteiger partial charge in [-0.1, -0.05) is 0 Å². The summed E-state index contributed by atoms with van der Waals surface area (Å²) < 4.78 is 10.9. The third-order valence-corrected chi connectivity index (χ3v) is 3.26. The summed E-state index contributed by atoms with van der Waals surface area (Å²) in [5.41, 5.74) is 0.469. The zero-order valence-corrected chi connectivity index (χ0v) is 12.8. The van der Waals surface area contributed by atoms with Gasteiger partial charge < -0.3 is 14.5 Å². The van der Waals surface area contributed by atoms with Gasteiger partial charge in [0.1, 0.15) is 11.4 Å². The molecule has 1 aromatic heterocycles. The summed E-state index contributed by atoms with van der Waals surface area (Å²) >= 11 is 0. The van der Waals surface area contributed by atoms with Gasteiger partial charge in [-0.15, -0.1) is 0 Å². The molecule has 2 heterocycles. The average Bonchev–Trinajstić information content (AvgIpc) is 2.92. The van der Waals surface area contributed by atoms with Crippen molar-refractivity contribution >= 4 is 6.09 Å². The molecule has 1 aromatic rings. The van der Waals surface area contributed by atoms with Crippen molar-refractivity contribution in [2.75, 3.05) is 13.7 Å². The number of aromatic nitrogens is 2. The number of imidazole rings is 1. The summed E-state index contributed by atoms with van der Waals surface area (Å²) in [7, 11) is 1.66. The highest BCUT2D eigenvalue weighted by molar-refractivity contribution is 5.69. The van der Waals surface area contributed by atoms with Gasteiger partial charge >= 0.3 is 6.09 Å². The van der Waals surface area contributed by atoms with E-state index in [-0.39, 0.29) is 18.2 Å². The van der Waals surface area contributed by atoms with Crippen LogP contribution in [0.3, 0.4) is 0 Å². The van der Waals surface area contributed by atoms with Crippen LogP contribution in [0.25, 0.3) is 0 Å². The fraction of sp³-hybridized carbons (Fsp3) is 0.714. The molecular formula is C14H23N3O3. The van der Waals surface area contributed by atoms with Crippen LogP contribution in [0, 0.1) is 6.92 Å². The third-order valence-electron chi connectivity index (χ3n) is 3.26. The molecule has 1 amide bonds. The van der Waals surface area contributed by atoms with Crippen LogP contribution >= 0.6 is 0 Å². The number of aromatic amines is 1. The van der Waals surface area contributed by atoms with Gasteiger partial charge in [0.2, 0.25) is 0 Å². The lowest BCUT2D eigenvalue weighted by atomic mass is 10.2.